The Balaban J connectivity index is 1.95. The van der Waals surface area contributed by atoms with E-state index in [-0.39, 0.29) is 5.82 Å². The molecule has 0 aliphatic rings. The van der Waals surface area contributed by atoms with Gasteiger partial charge in [-0.3, -0.25) is 0 Å². The second-order valence-electron chi connectivity index (χ2n) is 4.78. The Labute approximate surface area is 123 Å². The molecule has 3 heteroatoms. The molecule has 0 fully saturated rings. The van der Waals surface area contributed by atoms with Crippen molar-refractivity contribution in [1.29, 1.82) is 0 Å². The summed E-state index contributed by atoms with van der Waals surface area (Å²) in [5.74, 6) is 0.337. The minimum atomic E-state index is -0.498. The van der Waals surface area contributed by atoms with Crippen LogP contribution in [0.3, 0.4) is 0 Å². The standard InChI is InChI=1S/C17H19FOS/c1-2-4-13-5-3-6-14(11-13)17(19)12-20-16-9-7-15(18)8-10-16/h3,5-11,17,19H,2,4,12H2,1H3. The molecule has 0 bridgehead atoms. The van der Waals surface area contributed by atoms with Gasteiger partial charge in [0.15, 0.2) is 0 Å². The predicted octanol–water partition coefficient (Wildman–Crippen LogP) is 4.60. The van der Waals surface area contributed by atoms with E-state index in [0.717, 1.165) is 23.3 Å². The third-order valence-corrected chi connectivity index (χ3v) is 4.18. The molecule has 1 atom stereocenters. The molecule has 1 nitrogen and oxygen atoms in total. The second kappa shape index (κ2) is 7.46. The van der Waals surface area contributed by atoms with Crippen LogP contribution in [-0.2, 0) is 6.42 Å². The van der Waals surface area contributed by atoms with Gasteiger partial charge in [0.05, 0.1) is 6.10 Å². The summed E-state index contributed by atoms with van der Waals surface area (Å²) in [5, 5.41) is 10.2. The van der Waals surface area contributed by atoms with Crippen molar-refractivity contribution >= 4 is 11.8 Å². The van der Waals surface area contributed by atoms with Gasteiger partial charge in [0, 0.05) is 10.6 Å². The average molecular weight is 290 g/mol. The monoisotopic (exact) mass is 290 g/mol. The van der Waals surface area contributed by atoms with Gasteiger partial charge >= 0.3 is 0 Å². The molecule has 0 saturated heterocycles. The van der Waals surface area contributed by atoms with Gasteiger partial charge in [-0.15, -0.1) is 11.8 Å². The lowest BCUT2D eigenvalue weighted by Gasteiger charge is -2.12. The zero-order valence-electron chi connectivity index (χ0n) is 11.6. The normalized spacial score (nSPS) is 12.3. The molecule has 0 radical (unpaired) electrons. The van der Waals surface area contributed by atoms with Crippen molar-refractivity contribution in [2.24, 2.45) is 0 Å². The largest absolute Gasteiger partial charge is 0.388 e. The molecule has 1 N–H and O–H groups in total. The summed E-state index contributed by atoms with van der Waals surface area (Å²) in [5.41, 5.74) is 2.21. The molecule has 0 aliphatic heterocycles. The first-order valence-electron chi connectivity index (χ1n) is 6.84. The topological polar surface area (TPSA) is 20.2 Å². The molecule has 2 aromatic rings. The molecule has 0 heterocycles. The van der Waals surface area contributed by atoms with Crippen LogP contribution in [0, 0.1) is 5.82 Å². The van der Waals surface area contributed by atoms with Crippen LogP contribution in [-0.4, -0.2) is 10.9 Å². The highest BCUT2D eigenvalue weighted by atomic mass is 32.2. The molecule has 2 rings (SSSR count). The van der Waals surface area contributed by atoms with Crippen LogP contribution in [0.25, 0.3) is 0 Å². The van der Waals surface area contributed by atoms with Crippen LogP contribution in [0.2, 0.25) is 0 Å². The molecule has 1 unspecified atom stereocenters. The Hall–Kier alpha value is -1.32. The van der Waals surface area contributed by atoms with Crippen LogP contribution in [0.4, 0.5) is 4.39 Å². The lowest BCUT2D eigenvalue weighted by atomic mass is 10.0. The first kappa shape index (κ1) is 15.1. The SMILES string of the molecule is CCCc1cccc(C(O)CSc2ccc(F)cc2)c1. The van der Waals surface area contributed by atoms with Crippen LogP contribution in [0.15, 0.2) is 53.4 Å². The Kier molecular flexibility index (Phi) is 5.62. The van der Waals surface area contributed by atoms with Crippen molar-refractivity contribution in [1.82, 2.24) is 0 Å². The molecule has 0 amide bonds. The highest BCUT2D eigenvalue weighted by molar-refractivity contribution is 7.99. The Morgan fingerprint density at radius 3 is 2.60 bits per heavy atom. The number of rotatable bonds is 6. The van der Waals surface area contributed by atoms with Gasteiger partial charge in [0.25, 0.3) is 0 Å². The fraction of sp³-hybridized carbons (Fsp3) is 0.294. The summed E-state index contributed by atoms with van der Waals surface area (Å²) in [6, 6.07) is 14.5. The highest BCUT2D eigenvalue weighted by Crippen LogP contribution is 2.25. The first-order chi connectivity index (χ1) is 9.69. The quantitative estimate of drug-likeness (QED) is 0.784. The van der Waals surface area contributed by atoms with E-state index in [9.17, 15) is 9.50 Å². The number of benzene rings is 2. The number of aliphatic hydroxyl groups is 1. The van der Waals surface area contributed by atoms with E-state index < -0.39 is 6.10 Å². The first-order valence-corrected chi connectivity index (χ1v) is 7.83. The summed E-state index contributed by atoms with van der Waals surface area (Å²) in [6.45, 7) is 2.15. The van der Waals surface area contributed by atoms with Crippen molar-refractivity contribution in [2.75, 3.05) is 5.75 Å². The molecular weight excluding hydrogens is 271 g/mol. The Morgan fingerprint density at radius 2 is 1.90 bits per heavy atom. The summed E-state index contributed by atoms with van der Waals surface area (Å²) >= 11 is 1.53. The molecular formula is C17H19FOS. The van der Waals surface area contributed by atoms with Crippen molar-refractivity contribution < 1.29 is 9.50 Å². The van der Waals surface area contributed by atoms with E-state index >= 15 is 0 Å². The Bertz CT molecular complexity index is 539. The number of thioether (sulfide) groups is 1. The summed E-state index contributed by atoms with van der Waals surface area (Å²) in [7, 11) is 0. The van der Waals surface area contributed by atoms with E-state index in [2.05, 4.69) is 19.1 Å². The smallest absolute Gasteiger partial charge is 0.123 e. The van der Waals surface area contributed by atoms with Gasteiger partial charge in [-0.2, -0.15) is 0 Å². The number of hydrogen-bond acceptors (Lipinski definition) is 2. The van der Waals surface area contributed by atoms with E-state index in [1.54, 1.807) is 12.1 Å². The van der Waals surface area contributed by atoms with Gasteiger partial charge in [-0.1, -0.05) is 37.6 Å². The summed E-state index contributed by atoms with van der Waals surface area (Å²) in [4.78, 5) is 0.968. The maximum absolute atomic E-state index is 12.8. The molecule has 106 valence electrons. The van der Waals surface area contributed by atoms with Crippen molar-refractivity contribution in [2.45, 2.75) is 30.8 Å². The van der Waals surface area contributed by atoms with E-state index in [1.807, 2.05) is 12.1 Å². The second-order valence-corrected chi connectivity index (χ2v) is 5.87. The third-order valence-electron chi connectivity index (χ3n) is 3.10. The van der Waals surface area contributed by atoms with E-state index in [4.69, 9.17) is 0 Å². The van der Waals surface area contributed by atoms with Crippen molar-refractivity contribution in [3.05, 3.63) is 65.5 Å². The summed E-state index contributed by atoms with van der Waals surface area (Å²) < 4.78 is 12.8. The van der Waals surface area contributed by atoms with Crippen molar-refractivity contribution in [3.8, 4) is 0 Å². The zero-order chi connectivity index (χ0) is 14.4. The number of aryl methyl sites for hydroxylation is 1. The van der Waals surface area contributed by atoms with Gasteiger partial charge < -0.3 is 5.11 Å². The van der Waals surface area contributed by atoms with E-state index in [1.165, 1.54) is 29.5 Å². The predicted molar refractivity (Wildman–Crippen MR) is 82.5 cm³/mol. The molecule has 0 spiro atoms. The zero-order valence-corrected chi connectivity index (χ0v) is 12.4. The average Bonchev–Trinajstić information content (AvgIpc) is 2.47. The number of halogens is 1. The van der Waals surface area contributed by atoms with E-state index in [0.29, 0.717) is 5.75 Å². The van der Waals surface area contributed by atoms with Crippen LogP contribution >= 0.6 is 11.8 Å². The maximum Gasteiger partial charge on any atom is 0.123 e. The maximum atomic E-state index is 12.8. The number of aliphatic hydroxyl groups excluding tert-OH is 1. The Morgan fingerprint density at radius 1 is 1.15 bits per heavy atom. The molecule has 0 saturated carbocycles. The van der Waals surface area contributed by atoms with Gasteiger partial charge in [0.2, 0.25) is 0 Å². The number of hydrogen-bond donors (Lipinski definition) is 1. The molecule has 20 heavy (non-hydrogen) atoms. The van der Waals surface area contributed by atoms with Crippen LogP contribution in [0.5, 0.6) is 0 Å². The lowest BCUT2D eigenvalue weighted by molar-refractivity contribution is 0.204. The lowest BCUT2D eigenvalue weighted by Crippen LogP contribution is -2.01. The van der Waals surface area contributed by atoms with Gasteiger partial charge in [-0.05, 0) is 41.8 Å². The van der Waals surface area contributed by atoms with Crippen LogP contribution in [0.1, 0.15) is 30.6 Å². The fourth-order valence-corrected chi connectivity index (χ4v) is 2.92. The molecule has 2 aromatic carbocycles. The third kappa shape index (κ3) is 4.36. The highest BCUT2D eigenvalue weighted by Gasteiger charge is 2.09. The van der Waals surface area contributed by atoms with Gasteiger partial charge in [0.1, 0.15) is 5.82 Å². The minimum Gasteiger partial charge on any atom is -0.388 e. The van der Waals surface area contributed by atoms with Crippen molar-refractivity contribution in [3.63, 3.8) is 0 Å². The summed E-state index contributed by atoms with van der Waals surface area (Å²) in [6.07, 6.45) is 1.64. The molecule has 0 aromatic heterocycles. The van der Waals surface area contributed by atoms with Crippen LogP contribution < -0.4 is 0 Å². The molecule has 0 aliphatic carbocycles. The van der Waals surface area contributed by atoms with Gasteiger partial charge in [-0.25, -0.2) is 4.39 Å². The minimum absolute atomic E-state index is 0.234. The fourth-order valence-electron chi connectivity index (χ4n) is 2.05.